The van der Waals surface area contributed by atoms with Crippen molar-refractivity contribution in [3.8, 4) is 5.75 Å². The zero-order chi connectivity index (χ0) is 16.7. The number of nitrogens with zero attached hydrogens (tertiary/aromatic N) is 2. The third-order valence-corrected chi connectivity index (χ3v) is 3.63. The van der Waals surface area contributed by atoms with Crippen LogP contribution >= 0.6 is 0 Å². The van der Waals surface area contributed by atoms with Crippen molar-refractivity contribution in [1.82, 2.24) is 9.80 Å². The van der Waals surface area contributed by atoms with Gasteiger partial charge in [0.15, 0.2) is 0 Å². The zero-order valence-electron chi connectivity index (χ0n) is 13.6. The monoisotopic (exact) mass is 321 g/mol. The molecule has 0 aliphatic carbocycles. The SMILES string of the molecule is CCOc1ccc(NC(=O)N2CCCN(C(=O)OC)CC2)cc1. The minimum atomic E-state index is -0.348. The number of benzene rings is 1. The molecule has 1 aliphatic rings. The van der Waals surface area contributed by atoms with Crippen molar-refractivity contribution in [2.75, 3.05) is 45.2 Å². The van der Waals surface area contributed by atoms with E-state index < -0.39 is 0 Å². The summed E-state index contributed by atoms with van der Waals surface area (Å²) in [6.07, 6.45) is 0.380. The predicted molar refractivity (Wildman–Crippen MR) is 86.8 cm³/mol. The minimum absolute atomic E-state index is 0.166. The van der Waals surface area contributed by atoms with E-state index in [1.54, 1.807) is 9.80 Å². The summed E-state index contributed by atoms with van der Waals surface area (Å²) in [6, 6.07) is 7.09. The van der Waals surface area contributed by atoms with Crippen LogP contribution in [0.4, 0.5) is 15.3 Å². The van der Waals surface area contributed by atoms with Crippen LogP contribution in [0, 0.1) is 0 Å². The van der Waals surface area contributed by atoms with E-state index in [0.29, 0.717) is 38.5 Å². The molecule has 1 heterocycles. The standard InChI is InChI=1S/C16H23N3O4/c1-3-23-14-7-5-13(6-8-14)17-15(20)18-9-4-10-19(12-11-18)16(21)22-2/h5-8H,3-4,9-12H2,1-2H3,(H,17,20). The number of amides is 3. The molecule has 126 valence electrons. The highest BCUT2D eigenvalue weighted by Crippen LogP contribution is 2.16. The van der Waals surface area contributed by atoms with Crippen molar-refractivity contribution < 1.29 is 19.1 Å². The minimum Gasteiger partial charge on any atom is -0.494 e. The second kappa shape index (κ2) is 8.26. The average molecular weight is 321 g/mol. The van der Waals surface area contributed by atoms with Gasteiger partial charge in [-0.3, -0.25) is 0 Å². The van der Waals surface area contributed by atoms with Crippen LogP contribution in [0.5, 0.6) is 5.75 Å². The topological polar surface area (TPSA) is 71.1 Å². The Labute approximate surface area is 136 Å². The second-order valence-corrected chi connectivity index (χ2v) is 5.19. The summed E-state index contributed by atoms with van der Waals surface area (Å²) >= 11 is 0. The van der Waals surface area contributed by atoms with E-state index >= 15 is 0 Å². The second-order valence-electron chi connectivity index (χ2n) is 5.19. The zero-order valence-corrected chi connectivity index (χ0v) is 13.6. The molecule has 0 saturated carbocycles. The summed E-state index contributed by atoms with van der Waals surface area (Å²) in [7, 11) is 1.36. The molecule has 1 aliphatic heterocycles. The van der Waals surface area contributed by atoms with Gasteiger partial charge in [-0.15, -0.1) is 0 Å². The van der Waals surface area contributed by atoms with Crippen LogP contribution in [-0.2, 0) is 4.74 Å². The maximum atomic E-state index is 12.3. The van der Waals surface area contributed by atoms with Gasteiger partial charge in [-0.05, 0) is 37.6 Å². The lowest BCUT2D eigenvalue weighted by molar-refractivity contribution is 0.125. The molecule has 1 saturated heterocycles. The first-order chi connectivity index (χ1) is 11.1. The summed E-state index contributed by atoms with van der Waals surface area (Å²) in [5, 5.41) is 2.86. The Morgan fingerprint density at radius 1 is 1.09 bits per heavy atom. The molecular formula is C16H23N3O4. The number of ether oxygens (including phenoxy) is 2. The van der Waals surface area contributed by atoms with Crippen LogP contribution in [0.1, 0.15) is 13.3 Å². The molecule has 1 fully saturated rings. The van der Waals surface area contributed by atoms with Gasteiger partial charge in [0.1, 0.15) is 5.75 Å². The van der Waals surface area contributed by atoms with E-state index in [1.807, 2.05) is 31.2 Å². The number of carbonyl (C=O) groups excluding carboxylic acids is 2. The smallest absolute Gasteiger partial charge is 0.409 e. The van der Waals surface area contributed by atoms with Crippen LogP contribution in [0.25, 0.3) is 0 Å². The van der Waals surface area contributed by atoms with Gasteiger partial charge in [0.25, 0.3) is 0 Å². The van der Waals surface area contributed by atoms with E-state index in [0.717, 1.165) is 12.2 Å². The Morgan fingerprint density at radius 3 is 2.39 bits per heavy atom. The molecule has 7 nitrogen and oxygen atoms in total. The summed E-state index contributed by atoms with van der Waals surface area (Å²) in [5.74, 6) is 0.772. The molecular weight excluding hydrogens is 298 g/mol. The van der Waals surface area contributed by atoms with E-state index in [-0.39, 0.29) is 12.1 Å². The highest BCUT2D eigenvalue weighted by molar-refractivity contribution is 5.89. The Hall–Kier alpha value is -2.44. The molecule has 0 bridgehead atoms. The molecule has 0 atom stereocenters. The molecule has 0 aromatic heterocycles. The summed E-state index contributed by atoms with van der Waals surface area (Å²) < 4.78 is 10.1. The lowest BCUT2D eigenvalue weighted by Crippen LogP contribution is -2.39. The van der Waals surface area contributed by atoms with Crippen molar-refractivity contribution in [2.45, 2.75) is 13.3 Å². The molecule has 0 unspecified atom stereocenters. The number of urea groups is 1. The van der Waals surface area contributed by atoms with Gasteiger partial charge in [-0.1, -0.05) is 0 Å². The highest BCUT2D eigenvalue weighted by Gasteiger charge is 2.22. The van der Waals surface area contributed by atoms with Crippen molar-refractivity contribution >= 4 is 17.8 Å². The third-order valence-electron chi connectivity index (χ3n) is 3.63. The fourth-order valence-corrected chi connectivity index (χ4v) is 2.44. The molecule has 1 N–H and O–H groups in total. The maximum Gasteiger partial charge on any atom is 0.409 e. The van der Waals surface area contributed by atoms with Crippen molar-refractivity contribution in [1.29, 1.82) is 0 Å². The largest absolute Gasteiger partial charge is 0.494 e. The van der Waals surface area contributed by atoms with E-state index in [9.17, 15) is 9.59 Å². The number of anilines is 1. The molecule has 3 amide bonds. The van der Waals surface area contributed by atoms with Crippen molar-refractivity contribution in [3.05, 3.63) is 24.3 Å². The average Bonchev–Trinajstić information content (AvgIpc) is 2.82. The van der Waals surface area contributed by atoms with Gasteiger partial charge in [-0.25, -0.2) is 9.59 Å². The summed E-state index contributed by atoms with van der Waals surface area (Å²) in [4.78, 5) is 27.2. The molecule has 7 heteroatoms. The van der Waals surface area contributed by atoms with Crippen molar-refractivity contribution in [2.24, 2.45) is 0 Å². The first kappa shape index (κ1) is 16.9. The normalized spacial score (nSPS) is 14.9. The van der Waals surface area contributed by atoms with E-state index in [2.05, 4.69) is 5.32 Å². The Kier molecular flexibility index (Phi) is 6.08. The maximum absolute atomic E-state index is 12.3. The Morgan fingerprint density at radius 2 is 1.74 bits per heavy atom. The van der Waals surface area contributed by atoms with Crippen LogP contribution in [0.3, 0.4) is 0 Å². The van der Waals surface area contributed by atoms with Crippen LogP contribution in [0.15, 0.2) is 24.3 Å². The molecule has 1 aromatic carbocycles. The first-order valence-electron chi connectivity index (χ1n) is 7.75. The van der Waals surface area contributed by atoms with E-state index in [4.69, 9.17) is 9.47 Å². The lowest BCUT2D eigenvalue weighted by Gasteiger charge is -2.21. The van der Waals surface area contributed by atoms with Gasteiger partial charge in [-0.2, -0.15) is 0 Å². The molecule has 2 rings (SSSR count). The fraction of sp³-hybridized carbons (Fsp3) is 0.500. The number of hydrogen-bond donors (Lipinski definition) is 1. The van der Waals surface area contributed by atoms with Crippen molar-refractivity contribution in [3.63, 3.8) is 0 Å². The Bertz CT molecular complexity index is 533. The number of rotatable bonds is 3. The molecule has 0 spiro atoms. The van der Waals surface area contributed by atoms with E-state index in [1.165, 1.54) is 7.11 Å². The quantitative estimate of drug-likeness (QED) is 0.928. The summed E-state index contributed by atoms with van der Waals surface area (Å²) in [6.45, 7) is 4.69. The van der Waals surface area contributed by atoms with Gasteiger partial charge in [0.2, 0.25) is 0 Å². The predicted octanol–water partition coefficient (Wildman–Crippen LogP) is 2.39. The van der Waals surface area contributed by atoms with Gasteiger partial charge < -0.3 is 24.6 Å². The number of nitrogens with one attached hydrogen (secondary N) is 1. The molecule has 1 aromatic rings. The number of carbonyl (C=O) groups is 2. The lowest BCUT2D eigenvalue weighted by atomic mass is 10.3. The number of methoxy groups -OCH3 is 1. The first-order valence-corrected chi connectivity index (χ1v) is 7.75. The van der Waals surface area contributed by atoms with Crippen LogP contribution < -0.4 is 10.1 Å². The molecule has 0 radical (unpaired) electrons. The highest BCUT2D eigenvalue weighted by atomic mass is 16.5. The summed E-state index contributed by atoms with van der Waals surface area (Å²) in [5.41, 5.74) is 0.715. The van der Waals surface area contributed by atoms with Crippen LogP contribution in [0.2, 0.25) is 0 Å². The van der Waals surface area contributed by atoms with Gasteiger partial charge in [0.05, 0.1) is 13.7 Å². The Balaban J connectivity index is 1.89. The third kappa shape index (κ3) is 4.77. The van der Waals surface area contributed by atoms with Crippen LogP contribution in [-0.4, -0.2) is 61.8 Å². The van der Waals surface area contributed by atoms with Gasteiger partial charge in [0, 0.05) is 31.9 Å². The van der Waals surface area contributed by atoms with Gasteiger partial charge >= 0.3 is 12.1 Å². The fourth-order valence-electron chi connectivity index (χ4n) is 2.44. The molecule has 23 heavy (non-hydrogen) atoms. The number of hydrogen-bond acceptors (Lipinski definition) is 4.